The molecule has 0 unspecified atom stereocenters. The minimum atomic E-state index is -1.14. The van der Waals surface area contributed by atoms with Crippen LogP contribution in [0.5, 0.6) is 5.75 Å². The van der Waals surface area contributed by atoms with Gasteiger partial charge in [-0.05, 0) is 19.9 Å². The Kier molecular flexibility index (Phi) is 3.35. The van der Waals surface area contributed by atoms with Crippen molar-refractivity contribution in [3.8, 4) is 5.75 Å². The summed E-state index contributed by atoms with van der Waals surface area (Å²) in [5, 5.41) is 13.7. The van der Waals surface area contributed by atoms with Gasteiger partial charge in [0.05, 0.1) is 5.69 Å². The fourth-order valence-corrected chi connectivity index (χ4v) is 3.94. The van der Waals surface area contributed by atoms with Crippen molar-refractivity contribution in [3.63, 3.8) is 0 Å². The Hall–Kier alpha value is -2.83. The van der Waals surface area contributed by atoms with Crippen LogP contribution in [0.2, 0.25) is 0 Å². The van der Waals surface area contributed by atoms with E-state index in [1.54, 1.807) is 18.7 Å². The van der Waals surface area contributed by atoms with Gasteiger partial charge in [0.1, 0.15) is 29.1 Å². The van der Waals surface area contributed by atoms with Crippen LogP contribution in [-0.2, 0) is 4.79 Å². The van der Waals surface area contributed by atoms with Crippen molar-refractivity contribution in [2.45, 2.75) is 19.8 Å². The van der Waals surface area contributed by atoms with Gasteiger partial charge in [0.15, 0.2) is 0 Å². The number of hydrogen-bond donors (Lipinski definition) is 1. The number of rotatable bonds is 2. The number of amides is 1. The van der Waals surface area contributed by atoms with Crippen molar-refractivity contribution >= 4 is 11.9 Å². The highest BCUT2D eigenvalue weighted by molar-refractivity contribution is 5.97. The minimum absolute atomic E-state index is 0.0510. The summed E-state index contributed by atoms with van der Waals surface area (Å²) >= 11 is 0. The molecule has 4 rings (SSSR count). The van der Waals surface area contributed by atoms with E-state index in [1.807, 2.05) is 24.3 Å². The van der Waals surface area contributed by atoms with Crippen LogP contribution < -0.4 is 4.74 Å². The van der Waals surface area contributed by atoms with Crippen LogP contribution in [0, 0.1) is 19.3 Å². The highest BCUT2D eigenvalue weighted by Gasteiger charge is 2.57. The van der Waals surface area contributed by atoms with Crippen molar-refractivity contribution in [1.29, 1.82) is 0 Å². The first kappa shape index (κ1) is 15.7. The smallest absolute Gasteiger partial charge is 0.315 e. The van der Waals surface area contributed by atoms with Crippen LogP contribution in [0.3, 0.4) is 0 Å². The fraction of sp³-hybridized carbons (Fsp3) is 0.389. The van der Waals surface area contributed by atoms with Crippen LogP contribution >= 0.6 is 0 Å². The van der Waals surface area contributed by atoms with Crippen LogP contribution in [0.15, 0.2) is 28.8 Å². The second kappa shape index (κ2) is 5.34. The summed E-state index contributed by atoms with van der Waals surface area (Å²) in [6.07, 6.45) is 0. The maximum absolute atomic E-state index is 13.0. The van der Waals surface area contributed by atoms with Gasteiger partial charge in [0, 0.05) is 24.6 Å². The normalized spacial score (nSPS) is 24.4. The standard InChI is InChI=1S/C18H18N2O5/c1-10-15(11(2)25-19-10)16(21)20-7-13-12-5-3-4-6-14(12)24-9-18(13,8-20)17(22)23/h3-6,13H,7-9H2,1-2H3,(H,22,23)/t13-,18-/m0/s1. The molecular weight excluding hydrogens is 324 g/mol. The number of ether oxygens (including phenoxy) is 1. The van der Waals surface area contributed by atoms with E-state index in [-0.39, 0.29) is 25.0 Å². The van der Waals surface area contributed by atoms with Crippen molar-refractivity contribution in [1.82, 2.24) is 10.1 Å². The number of para-hydroxylation sites is 1. The predicted molar refractivity (Wildman–Crippen MR) is 86.6 cm³/mol. The summed E-state index contributed by atoms with van der Waals surface area (Å²) in [6.45, 7) is 3.87. The third kappa shape index (κ3) is 2.15. The molecule has 1 fully saturated rings. The Balaban J connectivity index is 1.74. The molecule has 130 valence electrons. The van der Waals surface area contributed by atoms with Crippen LogP contribution in [0.4, 0.5) is 0 Å². The number of hydrogen-bond acceptors (Lipinski definition) is 5. The lowest BCUT2D eigenvalue weighted by Crippen LogP contribution is -2.46. The van der Waals surface area contributed by atoms with Crippen molar-refractivity contribution < 1.29 is 24.0 Å². The summed E-state index contributed by atoms with van der Waals surface area (Å²) in [5.74, 6) is -0.362. The molecule has 0 spiro atoms. The van der Waals surface area contributed by atoms with Crippen molar-refractivity contribution in [2.24, 2.45) is 5.41 Å². The van der Waals surface area contributed by atoms with E-state index >= 15 is 0 Å². The number of carboxylic acids is 1. The van der Waals surface area contributed by atoms with Gasteiger partial charge < -0.3 is 19.3 Å². The van der Waals surface area contributed by atoms with E-state index in [4.69, 9.17) is 9.26 Å². The van der Waals surface area contributed by atoms with E-state index in [0.717, 1.165) is 5.56 Å². The molecule has 25 heavy (non-hydrogen) atoms. The van der Waals surface area contributed by atoms with Gasteiger partial charge in [0.2, 0.25) is 0 Å². The number of benzene rings is 1. The number of carbonyl (C=O) groups excluding carboxylic acids is 1. The topological polar surface area (TPSA) is 92.9 Å². The molecule has 2 atom stereocenters. The lowest BCUT2D eigenvalue weighted by Gasteiger charge is -2.35. The Morgan fingerprint density at radius 3 is 2.76 bits per heavy atom. The summed E-state index contributed by atoms with van der Waals surface area (Å²) < 4.78 is 10.8. The van der Waals surface area contributed by atoms with E-state index in [2.05, 4.69) is 5.16 Å². The minimum Gasteiger partial charge on any atom is -0.492 e. The maximum atomic E-state index is 13.0. The monoisotopic (exact) mass is 342 g/mol. The second-order valence-electron chi connectivity index (χ2n) is 6.73. The first-order chi connectivity index (χ1) is 11.9. The van der Waals surface area contributed by atoms with E-state index < -0.39 is 11.4 Å². The summed E-state index contributed by atoms with van der Waals surface area (Å²) in [7, 11) is 0. The molecule has 0 aliphatic carbocycles. The number of nitrogens with zero attached hydrogens (tertiary/aromatic N) is 2. The van der Waals surface area contributed by atoms with Gasteiger partial charge in [-0.1, -0.05) is 23.4 Å². The third-order valence-electron chi connectivity index (χ3n) is 5.28. The molecule has 0 bridgehead atoms. The van der Waals surface area contributed by atoms with E-state index in [1.165, 1.54) is 0 Å². The molecule has 1 amide bonds. The molecule has 1 aromatic heterocycles. The van der Waals surface area contributed by atoms with Gasteiger partial charge in [-0.15, -0.1) is 0 Å². The number of fused-ring (bicyclic) bond motifs is 3. The van der Waals surface area contributed by atoms with Crippen LogP contribution in [0.25, 0.3) is 0 Å². The quantitative estimate of drug-likeness (QED) is 0.897. The molecule has 1 N–H and O–H groups in total. The van der Waals surface area contributed by atoms with E-state index in [0.29, 0.717) is 29.3 Å². The molecule has 2 aromatic rings. The lowest BCUT2D eigenvalue weighted by molar-refractivity contribution is -0.151. The lowest BCUT2D eigenvalue weighted by atomic mass is 9.73. The zero-order chi connectivity index (χ0) is 17.8. The molecular formula is C18H18N2O5. The number of aryl methyl sites for hydroxylation is 2. The number of aliphatic carboxylic acids is 1. The summed E-state index contributed by atoms with van der Waals surface area (Å²) in [6, 6.07) is 7.42. The zero-order valence-corrected chi connectivity index (χ0v) is 14.0. The van der Waals surface area contributed by atoms with Gasteiger partial charge in [-0.3, -0.25) is 9.59 Å². The Morgan fingerprint density at radius 1 is 1.32 bits per heavy atom. The number of likely N-dealkylation sites (tertiary alicyclic amines) is 1. The molecule has 1 saturated heterocycles. The number of carbonyl (C=O) groups is 2. The van der Waals surface area contributed by atoms with Crippen molar-refractivity contribution in [3.05, 3.63) is 46.8 Å². The zero-order valence-electron chi connectivity index (χ0n) is 14.0. The second-order valence-corrected chi connectivity index (χ2v) is 6.73. The Labute approximate surface area is 144 Å². The maximum Gasteiger partial charge on any atom is 0.315 e. The molecule has 3 heterocycles. The van der Waals surface area contributed by atoms with Crippen LogP contribution in [-0.4, -0.2) is 46.7 Å². The van der Waals surface area contributed by atoms with Gasteiger partial charge >= 0.3 is 5.97 Å². The van der Waals surface area contributed by atoms with E-state index in [9.17, 15) is 14.7 Å². The average molecular weight is 342 g/mol. The fourth-order valence-electron chi connectivity index (χ4n) is 3.94. The first-order valence-corrected chi connectivity index (χ1v) is 8.11. The predicted octanol–water partition coefficient (Wildman–Crippen LogP) is 1.99. The molecule has 0 radical (unpaired) electrons. The SMILES string of the molecule is Cc1noc(C)c1C(=O)N1C[C@H]2c3ccccc3OC[C@@]2(C(=O)O)C1. The van der Waals surface area contributed by atoms with Gasteiger partial charge in [-0.25, -0.2) is 0 Å². The molecule has 7 nitrogen and oxygen atoms in total. The highest BCUT2D eigenvalue weighted by Crippen LogP contribution is 2.50. The van der Waals surface area contributed by atoms with Crippen LogP contribution in [0.1, 0.15) is 33.3 Å². The van der Waals surface area contributed by atoms with Crippen molar-refractivity contribution in [2.75, 3.05) is 19.7 Å². The third-order valence-corrected chi connectivity index (χ3v) is 5.28. The average Bonchev–Trinajstić information content (AvgIpc) is 3.16. The molecule has 0 saturated carbocycles. The number of carboxylic acid groups (broad SMARTS) is 1. The molecule has 2 aliphatic rings. The van der Waals surface area contributed by atoms with Gasteiger partial charge in [0.25, 0.3) is 5.91 Å². The molecule has 2 aliphatic heterocycles. The van der Waals surface area contributed by atoms with Gasteiger partial charge in [-0.2, -0.15) is 0 Å². The Bertz CT molecular complexity index is 855. The molecule has 7 heteroatoms. The first-order valence-electron chi connectivity index (χ1n) is 8.11. The summed E-state index contributed by atoms with van der Waals surface area (Å²) in [5.41, 5.74) is 0.625. The summed E-state index contributed by atoms with van der Waals surface area (Å²) in [4.78, 5) is 26.6. The molecule has 1 aromatic carbocycles. The highest BCUT2D eigenvalue weighted by atomic mass is 16.5. The number of aromatic nitrogens is 1. The largest absolute Gasteiger partial charge is 0.492 e. The Morgan fingerprint density at radius 2 is 2.08 bits per heavy atom.